The number of alkyl halides is 3. The fourth-order valence-corrected chi connectivity index (χ4v) is 6.28. The molecule has 1 amide bonds. The molecule has 3 aromatic rings. The smallest absolute Gasteiger partial charge is 0.332 e. The normalized spacial score (nSPS) is 13.1. The van der Waals surface area contributed by atoms with E-state index < -0.39 is 45.2 Å². The van der Waals surface area contributed by atoms with Crippen molar-refractivity contribution in [3.63, 3.8) is 0 Å². The predicted molar refractivity (Wildman–Crippen MR) is 135 cm³/mol. The second kappa shape index (κ2) is 11.6. The van der Waals surface area contributed by atoms with Crippen LogP contribution >= 0.6 is 11.3 Å². The van der Waals surface area contributed by atoms with Gasteiger partial charge < -0.3 is 4.90 Å². The topological polar surface area (TPSA) is 57.7 Å². The molecule has 0 aliphatic carbocycles. The van der Waals surface area contributed by atoms with E-state index in [-0.39, 0.29) is 6.54 Å². The van der Waals surface area contributed by atoms with Crippen molar-refractivity contribution in [3.05, 3.63) is 87.6 Å². The van der Waals surface area contributed by atoms with Crippen molar-refractivity contribution in [1.82, 2.24) is 9.21 Å². The van der Waals surface area contributed by atoms with Crippen molar-refractivity contribution in [1.29, 1.82) is 0 Å². The molecule has 10 heteroatoms. The Morgan fingerprint density at radius 1 is 1.03 bits per heavy atom. The average Bonchev–Trinajstić information content (AvgIpc) is 3.25. The van der Waals surface area contributed by atoms with Gasteiger partial charge >= 0.3 is 6.18 Å². The summed E-state index contributed by atoms with van der Waals surface area (Å²) >= 11 is 1.51. The number of carbonyl (C=O) groups excluding carboxylic acids is 1. The first-order chi connectivity index (χ1) is 16.9. The number of rotatable bonds is 10. The van der Waals surface area contributed by atoms with Gasteiger partial charge in [-0.3, -0.25) is 4.79 Å². The molecule has 1 atom stereocenters. The molecule has 1 aromatic heterocycles. The van der Waals surface area contributed by atoms with E-state index in [9.17, 15) is 26.4 Å². The number of aryl methyl sites for hydroxylation is 1. The molecule has 0 radical (unpaired) electrons. The minimum Gasteiger partial charge on any atom is -0.332 e. The number of sulfonamides is 1. The lowest BCUT2D eigenvalue weighted by atomic mass is 10.2. The zero-order chi connectivity index (χ0) is 26.5. The lowest BCUT2D eigenvalue weighted by Gasteiger charge is -2.30. The molecule has 0 saturated carbocycles. The minimum absolute atomic E-state index is 0.273. The fraction of sp³-hybridized carbons (Fsp3) is 0.346. The Bertz CT molecular complexity index is 1270. The lowest BCUT2D eigenvalue weighted by Crippen LogP contribution is -2.46. The van der Waals surface area contributed by atoms with E-state index >= 15 is 0 Å². The first-order valence-corrected chi connectivity index (χ1v) is 13.8. The molecule has 36 heavy (non-hydrogen) atoms. The van der Waals surface area contributed by atoms with E-state index in [2.05, 4.69) is 0 Å². The summed E-state index contributed by atoms with van der Waals surface area (Å²) < 4.78 is 67.7. The highest BCUT2D eigenvalue weighted by Crippen LogP contribution is 2.31. The molecular formula is C26H29F3N2O3S2. The van der Waals surface area contributed by atoms with Gasteiger partial charge in [-0.15, -0.1) is 11.3 Å². The minimum atomic E-state index is -4.69. The lowest BCUT2D eigenvalue weighted by molar-refractivity contribution is -0.137. The molecule has 1 unspecified atom stereocenters. The van der Waals surface area contributed by atoms with Gasteiger partial charge in [0.25, 0.3) is 0 Å². The third kappa shape index (κ3) is 6.74. The molecule has 5 nitrogen and oxygen atoms in total. The van der Waals surface area contributed by atoms with Crippen LogP contribution in [0.2, 0.25) is 0 Å². The van der Waals surface area contributed by atoms with Crippen molar-refractivity contribution >= 4 is 27.3 Å². The summed E-state index contributed by atoms with van der Waals surface area (Å²) in [5.41, 5.74) is 0.856. The maximum absolute atomic E-state index is 13.6. The quantitative estimate of drug-likeness (QED) is 0.314. The Morgan fingerprint density at radius 2 is 1.72 bits per heavy atom. The molecule has 0 N–H and O–H groups in total. The molecule has 0 fully saturated rings. The van der Waals surface area contributed by atoms with Gasteiger partial charge in [-0.25, -0.2) is 8.42 Å². The van der Waals surface area contributed by atoms with Gasteiger partial charge in [-0.05, 0) is 61.0 Å². The molecule has 0 spiro atoms. The SMILES string of the molecule is CCC(C)N(CC(=O)N(Cc1ccccc1)Cc1sccc1C)S(=O)(=O)c1cccc(C(F)(F)F)c1. The van der Waals surface area contributed by atoms with Crippen molar-refractivity contribution in [2.24, 2.45) is 0 Å². The summed E-state index contributed by atoms with van der Waals surface area (Å²) in [7, 11) is -4.38. The number of carbonyl (C=O) groups is 1. The van der Waals surface area contributed by atoms with Gasteiger partial charge in [0, 0.05) is 17.5 Å². The third-order valence-corrected chi connectivity index (χ3v) is 8.98. The molecule has 0 saturated heterocycles. The highest BCUT2D eigenvalue weighted by atomic mass is 32.2. The van der Waals surface area contributed by atoms with Gasteiger partial charge in [0.2, 0.25) is 15.9 Å². The van der Waals surface area contributed by atoms with Gasteiger partial charge in [-0.2, -0.15) is 17.5 Å². The molecule has 3 rings (SSSR count). The van der Waals surface area contributed by atoms with E-state index in [1.54, 1.807) is 18.7 Å². The van der Waals surface area contributed by atoms with Gasteiger partial charge in [0.15, 0.2) is 0 Å². The highest BCUT2D eigenvalue weighted by molar-refractivity contribution is 7.89. The first kappa shape index (κ1) is 27.9. The van der Waals surface area contributed by atoms with Gasteiger partial charge in [0.1, 0.15) is 0 Å². The number of benzene rings is 2. The van der Waals surface area contributed by atoms with Crippen LogP contribution in [-0.2, 0) is 34.1 Å². The first-order valence-electron chi connectivity index (χ1n) is 11.5. The van der Waals surface area contributed by atoms with E-state index in [4.69, 9.17) is 0 Å². The number of amides is 1. The van der Waals surface area contributed by atoms with Crippen LogP contribution in [0, 0.1) is 6.92 Å². The molecule has 1 heterocycles. The van der Waals surface area contributed by atoms with Gasteiger partial charge in [0.05, 0.1) is 23.5 Å². The van der Waals surface area contributed by atoms with Crippen molar-refractivity contribution in [2.45, 2.75) is 57.4 Å². The number of halogens is 3. The largest absolute Gasteiger partial charge is 0.416 e. The Balaban J connectivity index is 1.94. The molecule has 2 aromatic carbocycles. The Kier molecular flexibility index (Phi) is 8.97. The monoisotopic (exact) mass is 538 g/mol. The average molecular weight is 539 g/mol. The van der Waals surface area contributed by atoms with Crippen LogP contribution in [-0.4, -0.2) is 36.1 Å². The Hall–Kier alpha value is -2.69. The summed E-state index contributed by atoms with van der Waals surface area (Å²) in [6, 6.07) is 14.3. The molecule has 0 bridgehead atoms. The summed E-state index contributed by atoms with van der Waals surface area (Å²) in [5, 5.41) is 1.93. The number of nitrogens with zero attached hydrogens (tertiary/aromatic N) is 2. The third-order valence-electron chi connectivity index (χ3n) is 6.01. The summed E-state index contributed by atoms with van der Waals surface area (Å²) in [4.78, 5) is 15.6. The molecule has 194 valence electrons. The van der Waals surface area contributed by atoms with Crippen molar-refractivity contribution in [3.8, 4) is 0 Å². The molecular weight excluding hydrogens is 509 g/mol. The fourth-order valence-electron chi connectivity index (χ4n) is 3.66. The molecule has 0 aliphatic rings. The number of hydrogen-bond donors (Lipinski definition) is 0. The number of thiophene rings is 1. The van der Waals surface area contributed by atoms with Crippen LogP contribution in [0.4, 0.5) is 13.2 Å². The van der Waals surface area contributed by atoms with Crippen LogP contribution in [0.3, 0.4) is 0 Å². The summed E-state index contributed by atoms with van der Waals surface area (Å²) in [6.45, 7) is 5.44. The maximum Gasteiger partial charge on any atom is 0.416 e. The maximum atomic E-state index is 13.6. The van der Waals surface area contributed by atoms with Crippen LogP contribution < -0.4 is 0 Å². The number of hydrogen-bond acceptors (Lipinski definition) is 4. The Morgan fingerprint density at radius 3 is 2.31 bits per heavy atom. The van der Waals surface area contributed by atoms with E-state index in [0.29, 0.717) is 19.0 Å². The zero-order valence-electron chi connectivity index (χ0n) is 20.3. The Labute approximate surface area is 214 Å². The van der Waals surface area contributed by atoms with Gasteiger partial charge in [-0.1, -0.05) is 43.3 Å². The standard InChI is InChI=1S/C26H29F3N2O3S2/c1-4-20(3)31(36(33,34)23-12-8-11-22(15-23)26(27,28)29)18-25(32)30(16-21-9-6-5-7-10-21)17-24-19(2)13-14-35-24/h5-15,20H,4,16-18H2,1-3H3. The van der Waals surface area contributed by atoms with E-state index in [1.807, 2.05) is 48.7 Å². The van der Waals surface area contributed by atoms with E-state index in [1.165, 1.54) is 11.3 Å². The summed E-state index contributed by atoms with van der Waals surface area (Å²) in [5.74, 6) is -0.428. The van der Waals surface area contributed by atoms with Crippen molar-refractivity contribution < 1.29 is 26.4 Å². The van der Waals surface area contributed by atoms with Crippen LogP contribution in [0.1, 0.15) is 41.8 Å². The van der Waals surface area contributed by atoms with E-state index in [0.717, 1.165) is 38.5 Å². The van der Waals surface area contributed by atoms with Crippen molar-refractivity contribution in [2.75, 3.05) is 6.54 Å². The van der Waals surface area contributed by atoms with Crippen LogP contribution in [0.25, 0.3) is 0 Å². The zero-order valence-corrected chi connectivity index (χ0v) is 22.0. The second-order valence-electron chi connectivity index (χ2n) is 8.60. The summed E-state index contributed by atoms with van der Waals surface area (Å²) in [6.07, 6.45) is -4.30. The predicted octanol–water partition coefficient (Wildman–Crippen LogP) is 6.09. The van der Waals surface area contributed by atoms with Crippen LogP contribution in [0.15, 0.2) is 70.9 Å². The highest BCUT2D eigenvalue weighted by Gasteiger charge is 2.35. The molecule has 0 aliphatic heterocycles. The van der Waals surface area contributed by atoms with Crippen LogP contribution in [0.5, 0.6) is 0 Å². The second-order valence-corrected chi connectivity index (χ2v) is 11.5.